The molecule has 0 aromatic carbocycles. The van der Waals surface area contributed by atoms with Crippen LogP contribution in [0.2, 0.25) is 0 Å². The van der Waals surface area contributed by atoms with Crippen molar-refractivity contribution in [2.24, 2.45) is 12.8 Å². The van der Waals surface area contributed by atoms with Gasteiger partial charge in [-0.1, -0.05) is 0 Å². The van der Waals surface area contributed by atoms with Crippen molar-refractivity contribution in [2.75, 3.05) is 18.0 Å². The molecular weight excluding hydrogens is 188 g/mol. The van der Waals surface area contributed by atoms with Gasteiger partial charge >= 0.3 is 0 Å². The van der Waals surface area contributed by atoms with Gasteiger partial charge in [-0.15, -0.1) is 0 Å². The number of anilines is 1. The number of nitrogens with zero attached hydrogens (tertiary/aromatic N) is 3. The molecule has 15 heavy (non-hydrogen) atoms. The first-order valence-electron chi connectivity index (χ1n) is 5.77. The number of hydrogen-bond acceptors (Lipinski definition) is 3. The zero-order valence-corrected chi connectivity index (χ0v) is 9.39. The monoisotopic (exact) mass is 208 g/mol. The highest BCUT2D eigenvalue weighted by Crippen LogP contribution is 2.28. The molecule has 2 rings (SSSR count). The van der Waals surface area contributed by atoms with E-state index in [4.69, 9.17) is 5.73 Å². The molecule has 1 heterocycles. The third-order valence-corrected chi connectivity index (χ3v) is 3.17. The summed E-state index contributed by atoms with van der Waals surface area (Å²) in [6.07, 6.45) is 8.87. The lowest BCUT2D eigenvalue weighted by Gasteiger charge is -2.38. The van der Waals surface area contributed by atoms with Gasteiger partial charge in [0.1, 0.15) is 0 Å². The summed E-state index contributed by atoms with van der Waals surface area (Å²) in [5, 5.41) is 0. The van der Waals surface area contributed by atoms with E-state index in [0.29, 0.717) is 6.04 Å². The number of nitrogens with two attached hydrogens (primary N) is 1. The molecule has 1 aromatic rings. The van der Waals surface area contributed by atoms with Crippen LogP contribution in [0.4, 0.5) is 5.95 Å². The summed E-state index contributed by atoms with van der Waals surface area (Å²) in [5.41, 5.74) is 5.57. The second-order valence-electron chi connectivity index (χ2n) is 4.26. The Kier molecular flexibility index (Phi) is 3.26. The summed E-state index contributed by atoms with van der Waals surface area (Å²) in [7, 11) is 2.05. The van der Waals surface area contributed by atoms with Crippen LogP contribution < -0.4 is 10.6 Å². The maximum Gasteiger partial charge on any atom is 0.205 e. The van der Waals surface area contributed by atoms with Crippen LogP contribution >= 0.6 is 0 Å². The number of aryl methyl sites for hydroxylation is 1. The summed E-state index contributed by atoms with van der Waals surface area (Å²) in [5.74, 6) is 1.09. The average Bonchev–Trinajstić information content (AvgIpc) is 2.55. The van der Waals surface area contributed by atoms with Crippen LogP contribution in [0.15, 0.2) is 12.4 Å². The van der Waals surface area contributed by atoms with E-state index in [1.54, 1.807) is 0 Å². The van der Waals surface area contributed by atoms with Crippen molar-refractivity contribution in [3.8, 4) is 0 Å². The average molecular weight is 208 g/mol. The van der Waals surface area contributed by atoms with E-state index in [9.17, 15) is 0 Å². The van der Waals surface area contributed by atoms with Crippen molar-refractivity contribution in [3.05, 3.63) is 12.4 Å². The molecule has 0 saturated heterocycles. The second-order valence-corrected chi connectivity index (χ2v) is 4.26. The van der Waals surface area contributed by atoms with Crippen molar-refractivity contribution in [2.45, 2.75) is 31.7 Å². The molecule has 4 heteroatoms. The molecule has 2 N–H and O–H groups in total. The molecule has 1 fully saturated rings. The van der Waals surface area contributed by atoms with E-state index in [-0.39, 0.29) is 0 Å². The molecule has 0 unspecified atom stereocenters. The highest BCUT2D eigenvalue weighted by atomic mass is 15.3. The van der Waals surface area contributed by atoms with Crippen LogP contribution in [-0.4, -0.2) is 28.7 Å². The number of aromatic nitrogens is 2. The fourth-order valence-corrected chi connectivity index (χ4v) is 2.04. The van der Waals surface area contributed by atoms with Crippen molar-refractivity contribution in [1.29, 1.82) is 0 Å². The van der Waals surface area contributed by atoms with E-state index < -0.39 is 0 Å². The first-order chi connectivity index (χ1) is 7.33. The Bertz CT molecular complexity index is 303. The van der Waals surface area contributed by atoms with E-state index in [1.165, 1.54) is 19.3 Å². The molecule has 0 radical (unpaired) electrons. The van der Waals surface area contributed by atoms with Gasteiger partial charge in [-0.05, 0) is 32.2 Å². The first kappa shape index (κ1) is 10.5. The zero-order chi connectivity index (χ0) is 10.7. The van der Waals surface area contributed by atoms with E-state index >= 15 is 0 Å². The fourth-order valence-electron chi connectivity index (χ4n) is 2.04. The summed E-state index contributed by atoms with van der Waals surface area (Å²) in [6.45, 7) is 1.79. The summed E-state index contributed by atoms with van der Waals surface area (Å²) < 4.78 is 2.09. The molecule has 0 atom stereocenters. The Hall–Kier alpha value is -1.03. The summed E-state index contributed by atoms with van der Waals surface area (Å²) in [4.78, 5) is 6.83. The lowest BCUT2D eigenvalue weighted by atomic mass is 9.91. The van der Waals surface area contributed by atoms with Gasteiger partial charge < -0.3 is 15.2 Å². The third-order valence-electron chi connectivity index (χ3n) is 3.17. The van der Waals surface area contributed by atoms with Gasteiger partial charge in [0.15, 0.2) is 0 Å². The molecular formula is C11H20N4. The maximum absolute atomic E-state index is 5.57. The van der Waals surface area contributed by atoms with Crippen molar-refractivity contribution in [1.82, 2.24) is 9.55 Å². The molecule has 1 aliphatic carbocycles. The van der Waals surface area contributed by atoms with Crippen molar-refractivity contribution >= 4 is 5.95 Å². The minimum absolute atomic E-state index is 0.692. The highest BCUT2D eigenvalue weighted by Gasteiger charge is 2.26. The van der Waals surface area contributed by atoms with Crippen molar-refractivity contribution < 1.29 is 0 Å². The van der Waals surface area contributed by atoms with Crippen LogP contribution in [0.1, 0.15) is 25.7 Å². The van der Waals surface area contributed by atoms with Crippen LogP contribution in [0.5, 0.6) is 0 Å². The number of imidazole rings is 1. The molecule has 0 spiro atoms. The first-order valence-corrected chi connectivity index (χ1v) is 5.77. The molecule has 1 aliphatic rings. The van der Waals surface area contributed by atoms with Crippen LogP contribution in [0.3, 0.4) is 0 Å². The predicted octanol–water partition coefficient (Wildman–Crippen LogP) is 1.13. The SMILES string of the molecule is Cn1ccnc1N(CCCN)C1CCC1. The Morgan fingerprint density at radius 1 is 1.60 bits per heavy atom. The summed E-state index contributed by atoms with van der Waals surface area (Å²) >= 11 is 0. The van der Waals surface area contributed by atoms with Crippen molar-refractivity contribution in [3.63, 3.8) is 0 Å². The minimum Gasteiger partial charge on any atom is -0.339 e. The van der Waals surface area contributed by atoms with Gasteiger partial charge in [0.2, 0.25) is 5.95 Å². The summed E-state index contributed by atoms with van der Waals surface area (Å²) in [6, 6.07) is 0.692. The number of rotatable bonds is 5. The van der Waals surface area contributed by atoms with E-state index in [1.807, 2.05) is 12.4 Å². The standard InChI is InChI=1S/C11H20N4/c1-14-9-7-13-11(14)15(8-3-6-12)10-4-2-5-10/h7,9-10H,2-6,8,12H2,1H3. The fraction of sp³-hybridized carbons (Fsp3) is 0.727. The lowest BCUT2D eigenvalue weighted by Crippen LogP contribution is -2.42. The molecule has 0 amide bonds. The maximum atomic E-state index is 5.57. The van der Waals surface area contributed by atoms with Crippen LogP contribution in [0, 0.1) is 0 Å². The van der Waals surface area contributed by atoms with Crippen LogP contribution in [0.25, 0.3) is 0 Å². The lowest BCUT2D eigenvalue weighted by molar-refractivity contribution is 0.378. The molecule has 1 aromatic heterocycles. The zero-order valence-electron chi connectivity index (χ0n) is 9.39. The topological polar surface area (TPSA) is 47.1 Å². The largest absolute Gasteiger partial charge is 0.339 e. The minimum atomic E-state index is 0.692. The Balaban J connectivity index is 2.07. The molecule has 1 saturated carbocycles. The second kappa shape index (κ2) is 4.66. The van der Waals surface area contributed by atoms with Crippen LogP contribution in [-0.2, 0) is 7.05 Å². The normalized spacial score (nSPS) is 16.4. The smallest absolute Gasteiger partial charge is 0.205 e. The predicted molar refractivity (Wildman–Crippen MR) is 61.9 cm³/mol. The highest BCUT2D eigenvalue weighted by molar-refractivity contribution is 5.33. The third kappa shape index (κ3) is 2.15. The molecule has 84 valence electrons. The Morgan fingerprint density at radius 2 is 2.40 bits per heavy atom. The number of hydrogen-bond donors (Lipinski definition) is 1. The molecule has 0 bridgehead atoms. The van der Waals surface area contributed by atoms with Gasteiger partial charge in [-0.2, -0.15) is 0 Å². The van der Waals surface area contributed by atoms with Gasteiger partial charge in [0.25, 0.3) is 0 Å². The van der Waals surface area contributed by atoms with Gasteiger partial charge in [0.05, 0.1) is 0 Å². The Labute approximate surface area is 91.1 Å². The quantitative estimate of drug-likeness (QED) is 0.789. The van der Waals surface area contributed by atoms with Gasteiger partial charge in [0, 0.05) is 32.0 Å². The van der Waals surface area contributed by atoms with E-state index in [2.05, 4.69) is 21.5 Å². The van der Waals surface area contributed by atoms with Gasteiger partial charge in [-0.25, -0.2) is 4.98 Å². The molecule has 0 aliphatic heterocycles. The molecule has 4 nitrogen and oxygen atoms in total. The van der Waals surface area contributed by atoms with Gasteiger partial charge in [-0.3, -0.25) is 0 Å². The Morgan fingerprint density at radius 3 is 2.87 bits per heavy atom. The van der Waals surface area contributed by atoms with E-state index in [0.717, 1.165) is 25.5 Å².